The van der Waals surface area contributed by atoms with Crippen LogP contribution in [0.4, 0.5) is 10.1 Å². The number of nitrogens with one attached hydrogen (secondary N) is 1. The number of anilines is 1. The number of ether oxygens (including phenoxy) is 1. The average molecular weight is 256 g/mol. The van der Waals surface area contributed by atoms with E-state index in [1.165, 1.54) is 25.3 Å². The van der Waals surface area contributed by atoms with Gasteiger partial charge in [-0.15, -0.1) is 0 Å². The summed E-state index contributed by atoms with van der Waals surface area (Å²) in [6, 6.07) is 3.84. The predicted molar refractivity (Wildman–Crippen MR) is 67.4 cm³/mol. The molecular formula is C11H13FN2O2S. The van der Waals surface area contributed by atoms with E-state index in [1.54, 1.807) is 0 Å². The number of carbonyl (C=O) groups excluding carboxylic acids is 1. The van der Waals surface area contributed by atoms with E-state index in [0.29, 0.717) is 17.9 Å². The minimum absolute atomic E-state index is 0.0338. The Balaban J connectivity index is 2.83. The number of nitrogens with two attached hydrogens (primary N) is 1. The summed E-state index contributed by atoms with van der Waals surface area (Å²) < 4.78 is 17.8. The Bertz CT molecular complexity index is 437. The molecule has 0 aliphatic carbocycles. The molecule has 0 atom stereocenters. The first-order valence-electron chi connectivity index (χ1n) is 4.92. The van der Waals surface area contributed by atoms with Crippen LogP contribution in [0.3, 0.4) is 0 Å². The molecule has 0 radical (unpaired) electrons. The molecule has 1 rings (SSSR count). The van der Waals surface area contributed by atoms with Gasteiger partial charge >= 0.3 is 0 Å². The van der Waals surface area contributed by atoms with Crippen molar-refractivity contribution < 1.29 is 13.9 Å². The number of hydrogen-bond donors (Lipinski definition) is 2. The van der Waals surface area contributed by atoms with Gasteiger partial charge in [-0.05, 0) is 18.2 Å². The molecule has 0 saturated heterocycles. The van der Waals surface area contributed by atoms with Gasteiger partial charge in [0.05, 0.1) is 18.7 Å². The molecule has 0 unspecified atom stereocenters. The van der Waals surface area contributed by atoms with Gasteiger partial charge in [-0.2, -0.15) is 0 Å². The Hall–Kier alpha value is -1.53. The number of methoxy groups -OCH3 is 1. The highest BCUT2D eigenvalue weighted by molar-refractivity contribution is 7.80. The number of rotatable bonds is 5. The summed E-state index contributed by atoms with van der Waals surface area (Å²) >= 11 is 4.78. The third-order valence-electron chi connectivity index (χ3n) is 2.05. The summed E-state index contributed by atoms with van der Waals surface area (Å²) in [6.45, 7) is 0.315. The molecule has 4 nitrogen and oxygen atoms in total. The van der Waals surface area contributed by atoms with Crippen LogP contribution in [-0.2, 0) is 9.53 Å². The zero-order chi connectivity index (χ0) is 12.8. The van der Waals surface area contributed by atoms with Crippen LogP contribution in [0, 0.1) is 5.82 Å². The number of amides is 1. The van der Waals surface area contributed by atoms with E-state index in [-0.39, 0.29) is 17.3 Å². The topological polar surface area (TPSA) is 64.3 Å². The Morgan fingerprint density at radius 3 is 2.88 bits per heavy atom. The normalized spacial score (nSPS) is 10.0. The summed E-state index contributed by atoms with van der Waals surface area (Å²) in [5.41, 5.74) is 6.16. The summed E-state index contributed by atoms with van der Waals surface area (Å²) in [6.07, 6.45) is 0.213. The molecule has 92 valence electrons. The maximum absolute atomic E-state index is 13.0. The largest absolute Gasteiger partial charge is 0.389 e. The maximum atomic E-state index is 13.0. The first kappa shape index (κ1) is 13.5. The molecule has 1 amide bonds. The molecule has 0 aliphatic heterocycles. The lowest BCUT2D eigenvalue weighted by Crippen LogP contribution is -2.18. The van der Waals surface area contributed by atoms with E-state index < -0.39 is 5.82 Å². The molecule has 0 spiro atoms. The van der Waals surface area contributed by atoms with Gasteiger partial charge in [-0.3, -0.25) is 4.79 Å². The second kappa shape index (κ2) is 6.27. The summed E-state index contributed by atoms with van der Waals surface area (Å²) in [5.74, 6) is -0.696. The minimum Gasteiger partial charge on any atom is -0.389 e. The van der Waals surface area contributed by atoms with Crippen LogP contribution in [0.5, 0.6) is 0 Å². The molecule has 6 heteroatoms. The quantitative estimate of drug-likeness (QED) is 0.782. The summed E-state index contributed by atoms with van der Waals surface area (Å²) in [4.78, 5) is 11.5. The van der Waals surface area contributed by atoms with Gasteiger partial charge in [0, 0.05) is 12.7 Å². The molecule has 0 aliphatic rings. The lowest BCUT2D eigenvalue weighted by atomic mass is 10.1. The van der Waals surface area contributed by atoms with E-state index in [2.05, 4.69) is 5.32 Å². The van der Waals surface area contributed by atoms with Crippen molar-refractivity contribution >= 4 is 28.8 Å². The second-order valence-corrected chi connectivity index (χ2v) is 3.78. The average Bonchev–Trinajstić information content (AvgIpc) is 2.28. The molecule has 0 heterocycles. The van der Waals surface area contributed by atoms with Crippen molar-refractivity contribution in [3.05, 3.63) is 29.6 Å². The molecular weight excluding hydrogens is 243 g/mol. The zero-order valence-electron chi connectivity index (χ0n) is 9.33. The van der Waals surface area contributed by atoms with Gasteiger partial charge in [0.2, 0.25) is 5.91 Å². The Morgan fingerprint density at radius 1 is 1.59 bits per heavy atom. The van der Waals surface area contributed by atoms with E-state index in [1.807, 2.05) is 0 Å². The van der Waals surface area contributed by atoms with Crippen LogP contribution in [0.25, 0.3) is 0 Å². The third-order valence-corrected chi connectivity index (χ3v) is 2.27. The van der Waals surface area contributed by atoms with Crippen LogP contribution in [0.1, 0.15) is 12.0 Å². The molecule has 0 aromatic heterocycles. The smallest absolute Gasteiger partial charge is 0.226 e. The molecule has 0 saturated carbocycles. The Labute approximate surface area is 104 Å². The fraction of sp³-hybridized carbons (Fsp3) is 0.273. The number of benzene rings is 1. The fourth-order valence-electron chi connectivity index (χ4n) is 1.24. The van der Waals surface area contributed by atoms with Gasteiger partial charge in [0.25, 0.3) is 0 Å². The van der Waals surface area contributed by atoms with Gasteiger partial charge in [0.15, 0.2) is 0 Å². The Kier molecular flexibility index (Phi) is 4.99. The number of thiocarbonyl (C=S) groups is 1. The SMILES string of the molecule is COCCC(=O)Nc1ccc(F)cc1C(N)=S. The van der Waals surface area contributed by atoms with E-state index >= 15 is 0 Å². The standard InChI is InChI=1S/C11H13FN2O2S/c1-16-5-4-10(15)14-9-3-2-7(12)6-8(9)11(13)17/h2-3,6H,4-5H2,1H3,(H2,13,17)(H,14,15). The second-order valence-electron chi connectivity index (χ2n) is 3.35. The third kappa shape index (κ3) is 4.08. The molecule has 17 heavy (non-hydrogen) atoms. The lowest BCUT2D eigenvalue weighted by Gasteiger charge is -2.10. The minimum atomic E-state index is -0.456. The van der Waals surface area contributed by atoms with E-state index in [9.17, 15) is 9.18 Å². The maximum Gasteiger partial charge on any atom is 0.226 e. The van der Waals surface area contributed by atoms with Gasteiger partial charge < -0.3 is 15.8 Å². The zero-order valence-corrected chi connectivity index (χ0v) is 10.1. The highest BCUT2D eigenvalue weighted by Gasteiger charge is 2.09. The van der Waals surface area contributed by atoms with Crippen LogP contribution in [-0.4, -0.2) is 24.6 Å². The van der Waals surface area contributed by atoms with Crippen LogP contribution in [0.2, 0.25) is 0 Å². The molecule has 0 fully saturated rings. The summed E-state index contributed by atoms with van der Waals surface area (Å²) in [5, 5.41) is 2.60. The van der Waals surface area contributed by atoms with Crippen LogP contribution >= 0.6 is 12.2 Å². The molecule has 3 N–H and O–H groups in total. The van der Waals surface area contributed by atoms with Crippen LogP contribution in [0.15, 0.2) is 18.2 Å². The predicted octanol–water partition coefficient (Wildman–Crippen LogP) is 1.43. The van der Waals surface area contributed by atoms with Crippen molar-refractivity contribution in [2.45, 2.75) is 6.42 Å². The first-order chi connectivity index (χ1) is 8.04. The summed E-state index contributed by atoms with van der Waals surface area (Å²) in [7, 11) is 1.51. The van der Waals surface area contributed by atoms with Crippen molar-refractivity contribution in [2.24, 2.45) is 5.73 Å². The van der Waals surface area contributed by atoms with Crippen molar-refractivity contribution in [1.82, 2.24) is 0 Å². The lowest BCUT2D eigenvalue weighted by molar-refractivity contribution is -0.117. The highest BCUT2D eigenvalue weighted by Crippen LogP contribution is 2.17. The monoisotopic (exact) mass is 256 g/mol. The van der Waals surface area contributed by atoms with Crippen molar-refractivity contribution in [1.29, 1.82) is 0 Å². The van der Waals surface area contributed by atoms with E-state index in [0.717, 1.165) is 0 Å². The van der Waals surface area contributed by atoms with Gasteiger partial charge in [-0.25, -0.2) is 4.39 Å². The van der Waals surface area contributed by atoms with Gasteiger partial charge in [0.1, 0.15) is 10.8 Å². The first-order valence-corrected chi connectivity index (χ1v) is 5.33. The highest BCUT2D eigenvalue weighted by atomic mass is 32.1. The van der Waals surface area contributed by atoms with Crippen LogP contribution < -0.4 is 11.1 Å². The molecule has 1 aromatic rings. The van der Waals surface area contributed by atoms with E-state index in [4.69, 9.17) is 22.7 Å². The number of halogens is 1. The molecule has 0 bridgehead atoms. The fourth-order valence-corrected chi connectivity index (χ4v) is 1.41. The van der Waals surface area contributed by atoms with Crippen molar-refractivity contribution in [3.63, 3.8) is 0 Å². The van der Waals surface area contributed by atoms with Crippen molar-refractivity contribution in [2.75, 3.05) is 19.0 Å². The Morgan fingerprint density at radius 2 is 2.29 bits per heavy atom. The van der Waals surface area contributed by atoms with Gasteiger partial charge in [-0.1, -0.05) is 12.2 Å². The number of hydrogen-bond acceptors (Lipinski definition) is 3. The van der Waals surface area contributed by atoms with Crippen molar-refractivity contribution in [3.8, 4) is 0 Å². The number of carbonyl (C=O) groups is 1. The molecule has 1 aromatic carbocycles.